The summed E-state index contributed by atoms with van der Waals surface area (Å²) in [4.78, 5) is 21.4. The molecule has 0 bridgehead atoms. The molecule has 126 valence electrons. The molecule has 2 aliphatic heterocycles. The van der Waals surface area contributed by atoms with Crippen LogP contribution in [0.3, 0.4) is 0 Å². The molecule has 1 atom stereocenters. The second kappa shape index (κ2) is 6.81. The van der Waals surface area contributed by atoms with Crippen LogP contribution < -0.4 is 10.2 Å². The maximum Gasteiger partial charge on any atom is 0.322 e. The molecular weight excluding hydrogens is 320 g/mol. The average molecular weight is 342 g/mol. The van der Waals surface area contributed by atoms with E-state index in [0.717, 1.165) is 44.0 Å². The number of nitrogens with zero attached hydrogens (tertiary/aromatic N) is 3. The summed E-state index contributed by atoms with van der Waals surface area (Å²) in [6.07, 6.45) is 6.33. The highest BCUT2D eigenvalue weighted by atomic mass is 32.1. The van der Waals surface area contributed by atoms with Crippen LogP contribution in [-0.2, 0) is 0 Å². The lowest BCUT2D eigenvalue weighted by Gasteiger charge is -2.24. The zero-order valence-corrected chi connectivity index (χ0v) is 14.5. The minimum absolute atomic E-state index is 0.0283. The molecule has 2 aliphatic rings. The Morgan fingerprint density at radius 3 is 2.75 bits per heavy atom. The Hall–Kier alpha value is -2.08. The molecule has 0 aliphatic carbocycles. The van der Waals surface area contributed by atoms with Gasteiger partial charge in [0.1, 0.15) is 5.82 Å². The minimum Gasteiger partial charge on any atom is -0.357 e. The van der Waals surface area contributed by atoms with Gasteiger partial charge in [-0.3, -0.25) is 0 Å². The predicted octanol–water partition coefficient (Wildman–Crippen LogP) is 4.11. The van der Waals surface area contributed by atoms with Crippen molar-refractivity contribution in [3.8, 4) is 0 Å². The maximum atomic E-state index is 12.6. The molecule has 2 fully saturated rings. The number of carbonyl (C=O) groups excluding carboxylic acids is 1. The normalized spacial score (nSPS) is 20.6. The molecule has 6 heteroatoms. The van der Waals surface area contributed by atoms with E-state index >= 15 is 0 Å². The molecule has 0 radical (unpaired) electrons. The van der Waals surface area contributed by atoms with Crippen molar-refractivity contribution >= 4 is 28.9 Å². The molecule has 2 aromatic rings. The van der Waals surface area contributed by atoms with Crippen molar-refractivity contribution in [3.63, 3.8) is 0 Å². The third-order valence-electron chi connectivity index (χ3n) is 4.87. The zero-order valence-electron chi connectivity index (χ0n) is 13.6. The van der Waals surface area contributed by atoms with E-state index in [1.807, 2.05) is 17.0 Å². The Bertz CT molecular complexity index is 680. The van der Waals surface area contributed by atoms with E-state index in [2.05, 4.69) is 32.0 Å². The number of likely N-dealkylation sites (tertiary alicyclic amines) is 1. The Morgan fingerprint density at radius 2 is 2.04 bits per heavy atom. The topological polar surface area (TPSA) is 48.5 Å². The first-order chi connectivity index (χ1) is 11.8. The minimum atomic E-state index is -0.0283. The largest absolute Gasteiger partial charge is 0.357 e. The van der Waals surface area contributed by atoms with Crippen LogP contribution in [0, 0.1) is 0 Å². The summed E-state index contributed by atoms with van der Waals surface area (Å²) in [7, 11) is 0. The second-order valence-electron chi connectivity index (χ2n) is 6.44. The first kappa shape index (κ1) is 15.4. The molecule has 0 aromatic carbocycles. The van der Waals surface area contributed by atoms with E-state index in [0.29, 0.717) is 0 Å². The fourth-order valence-electron chi connectivity index (χ4n) is 3.61. The molecule has 4 rings (SSSR count). The van der Waals surface area contributed by atoms with Crippen LogP contribution in [0.5, 0.6) is 0 Å². The van der Waals surface area contributed by atoms with Gasteiger partial charge in [-0.25, -0.2) is 9.78 Å². The molecule has 0 spiro atoms. The number of hydrogen-bond donors (Lipinski definition) is 1. The summed E-state index contributed by atoms with van der Waals surface area (Å²) < 4.78 is 0. The van der Waals surface area contributed by atoms with Crippen molar-refractivity contribution in [3.05, 3.63) is 40.7 Å². The summed E-state index contributed by atoms with van der Waals surface area (Å²) in [5.41, 5.74) is 2.01. The molecule has 1 unspecified atom stereocenters. The lowest BCUT2D eigenvalue weighted by Crippen LogP contribution is -2.34. The molecule has 2 aromatic heterocycles. The molecule has 5 nitrogen and oxygen atoms in total. The van der Waals surface area contributed by atoms with Gasteiger partial charge in [-0.05, 0) is 60.2 Å². The van der Waals surface area contributed by atoms with Crippen LogP contribution in [0.2, 0.25) is 0 Å². The highest BCUT2D eigenvalue weighted by Gasteiger charge is 2.30. The third kappa shape index (κ3) is 3.11. The SMILES string of the molecule is O=C(Nc1ccc(N2CCCC2)nc1)N1CCCC1c1ccsc1. The maximum absolute atomic E-state index is 12.6. The van der Waals surface area contributed by atoms with Crippen molar-refractivity contribution < 1.29 is 4.79 Å². The highest BCUT2D eigenvalue weighted by Crippen LogP contribution is 2.33. The van der Waals surface area contributed by atoms with Crippen molar-refractivity contribution in [2.24, 2.45) is 0 Å². The van der Waals surface area contributed by atoms with Crippen LogP contribution >= 0.6 is 11.3 Å². The van der Waals surface area contributed by atoms with Gasteiger partial charge < -0.3 is 15.1 Å². The summed E-state index contributed by atoms with van der Waals surface area (Å²) >= 11 is 1.68. The average Bonchev–Trinajstić information content (AvgIpc) is 3.35. The van der Waals surface area contributed by atoms with Gasteiger partial charge in [-0.15, -0.1) is 0 Å². The molecule has 0 saturated carbocycles. The molecule has 2 amide bonds. The third-order valence-corrected chi connectivity index (χ3v) is 5.57. The van der Waals surface area contributed by atoms with Gasteiger partial charge in [0, 0.05) is 19.6 Å². The number of rotatable bonds is 3. The smallest absolute Gasteiger partial charge is 0.322 e. The number of pyridine rings is 1. The summed E-state index contributed by atoms with van der Waals surface area (Å²) in [6.45, 7) is 2.97. The standard InChI is InChI=1S/C18H22N4OS/c23-18(22-10-3-4-16(22)14-7-11-24-13-14)20-15-5-6-17(19-12-15)21-8-1-2-9-21/h5-7,11-13,16H,1-4,8-10H2,(H,20,23). The number of nitrogens with one attached hydrogen (secondary N) is 1. The highest BCUT2D eigenvalue weighted by molar-refractivity contribution is 7.08. The second-order valence-corrected chi connectivity index (χ2v) is 7.22. The van der Waals surface area contributed by atoms with Gasteiger partial charge in [0.2, 0.25) is 0 Å². The van der Waals surface area contributed by atoms with Crippen LogP contribution in [0.1, 0.15) is 37.3 Å². The number of carbonyl (C=O) groups is 1. The number of aromatic nitrogens is 1. The first-order valence-corrected chi connectivity index (χ1v) is 9.56. The van der Waals surface area contributed by atoms with Crippen molar-refractivity contribution in [1.82, 2.24) is 9.88 Å². The number of urea groups is 1. The van der Waals surface area contributed by atoms with E-state index in [1.165, 1.54) is 18.4 Å². The van der Waals surface area contributed by atoms with Gasteiger partial charge in [0.25, 0.3) is 0 Å². The van der Waals surface area contributed by atoms with E-state index in [-0.39, 0.29) is 12.1 Å². The van der Waals surface area contributed by atoms with Gasteiger partial charge in [0.15, 0.2) is 0 Å². The fourth-order valence-corrected chi connectivity index (χ4v) is 4.32. The summed E-state index contributed by atoms with van der Waals surface area (Å²) in [5.74, 6) is 1.00. The van der Waals surface area contributed by atoms with E-state index in [9.17, 15) is 4.79 Å². The van der Waals surface area contributed by atoms with Crippen molar-refractivity contribution in [2.75, 3.05) is 29.9 Å². The number of amides is 2. The lowest BCUT2D eigenvalue weighted by atomic mass is 10.1. The molecule has 2 saturated heterocycles. The monoisotopic (exact) mass is 342 g/mol. The van der Waals surface area contributed by atoms with Crippen molar-refractivity contribution in [1.29, 1.82) is 0 Å². The predicted molar refractivity (Wildman–Crippen MR) is 97.7 cm³/mol. The van der Waals surface area contributed by atoms with Gasteiger partial charge in [-0.2, -0.15) is 11.3 Å². The van der Waals surface area contributed by atoms with Gasteiger partial charge in [-0.1, -0.05) is 0 Å². The quantitative estimate of drug-likeness (QED) is 0.913. The van der Waals surface area contributed by atoms with Gasteiger partial charge in [0.05, 0.1) is 17.9 Å². The Morgan fingerprint density at radius 1 is 1.17 bits per heavy atom. The zero-order chi connectivity index (χ0) is 16.4. The van der Waals surface area contributed by atoms with Crippen LogP contribution in [-0.4, -0.2) is 35.5 Å². The van der Waals surface area contributed by atoms with E-state index in [1.54, 1.807) is 17.5 Å². The van der Waals surface area contributed by atoms with E-state index in [4.69, 9.17) is 0 Å². The van der Waals surface area contributed by atoms with Crippen molar-refractivity contribution in [2.45, 2.75) is 31.7 Å². The van der Waals surface area contributed by atoms with Crippen LogP contribution in [0.25, 0.3) is 0 Å². The molecule has 1 N–H and O–H groups in total. The molecule has 24 heavy (non-hydrogen) atoms. The summed E-state index contributed by atoms with van der Waals surface area (Å²) in [5, 5.41) is 7.22. The first-order valence-electron chi connectivity index (χ1n) is 8.62. The Labute approximate surface area is 146 Å². The summed E-state index contributed by atoms with van der Waals surface area (Å²) in [6, 6.07) is 6.25. The Kier molecular flexibility index (Phi) is 4.38. The lowest BCUT2D eigenvalue weighted by molar-refractivity contribution is 0.207. The van der Waals surface area contributed by atoms with Crippen LogP contribution in [0.15, 0.2) is 35.2 Å². The number of thiophene rings is 1. The van der Waals surface area contributed by atoms with Gasteiger partial charge >= 0.3 is 6.03 Å². The number of hydrogen-bond acceptors (Lipinski definition) is 4. The molecular formula is C18H22N4OS. The Balaban J connectivity index is 1.42. The fraction of sp³-hybridized carbons (Fsp3) is 0.444. The van der Waals surface area contributed by atoms with E-state index < -0.39 is 0 Å². The molecule has 4 heterocycles. The number of anilines is 2. The van der Waals surface area contributed by atoms with Crippen LogP contribution in [0.4, 0.5) is 16.3 Å².